The first-order chi connectivity index (χ1) is 7.29. The van der Waals surface area contributed by atoms with Crippen molar-refractivity contribution in [3.63, 3.8) is 0 Å². The van der Waals surface area contributed by atoms with Crippen molar-refractivity contribution in [2.75, 3.05) is 19.6 Å². The highest BCUT2D eigenvalue weighted by atomic mass is 14.9. The summed E-state index contributed by atoms with van der Waals surface area (Å²) < 4.78 is 0. The lowest BCUT2D eigenvalue weighted by Crippen LogP contribution is -2.46. The van der Waals surface area contributed by atoms with Crippen LogP contribution in [0, 0.1) is 11.8 Å². The summed E-state index contributed by atoms with van der Waals surface area (Å²) in [4.78, 5) is 0. The lowest BCUT2D eigenvalue weighted by molar-refractivity contribution is 0.168. The Balaban J connectivity index is 1.86. The van der Waals surface area contributed by atoms with Gasteiger partial charge < -0.3 is 16.4 Å². The third kappa shape index (κ3) is 2.92. The smallest absolute Gasteiger partial charge is 0.0193 e. The molecular formula is C12H25N3. The number of hydrogen-bond acceptors (Lipinski definition) is 3. The number of rotatable bonds is 2. The summed E-state index contributed by atoms with van der Waals surface area (Å²) in [6.45, 7) is 5.50. The van der Waals surface area contributed by atoms with Gasteiger partial charge in [0.2, 0.25) is 0 Å². The van der Waals surface area contributed by atoms with Crippen molar-refractivity contribution in [3.8, 4) is 0 Å². The van der Waals surface area contributed by atoms with Gasteiger partial charge in [-0.05, 0) is 57.5 Å². The van der Waals surface area contributed by atoms with E-state index in [2.05, 4.69) is 17.6 Å². The lowest BCUT2D eigenvalue weighted by Gasteiger charge is -2.38. The van der Waals surface area contributed by atoms with Crippen molar-refractivity contribution in [1.82, 2.24) is 10.6 Å². The summed E-state index contributed by atoms with van der Waals surface area (Å²) in [7, 11) is 0. The first-order valence-electron chi connectivity index (χ1n) is 6.46. The molecule has 15 heavy (non-hydrogen) atoms. The Morgan fingerprint density at radius 3 is 2.40 bits per heavy atom. The topological polar surface area (TPSA) is 50.1 Å². The minimum atomic E-state index is 0.578. The van der Waals surface area contributed by atoms with Crippen LogP contribution >= 0.6 is 0 Å². The summed E-state index contributed by atoms with van der Waals surface area (Å²) in [6, 6.07) is 1.30. The minimum Gasteiger partial charge on any atom is -0.329 e. The third-order valence-electron chi connectivity index (χ3n) is 4.15. The van der Waals surface area contributed by atoms with E-state index in [0.29, 0.717) is 6.04 Å². The molecule has 2 saturated heterocycles. The first kappa shape index (κ1) is 11.4. The van der Waals surface area contributed by atoms with Gasteiger partial charge in [-0.3, -0.25) is 0 Å². The SMILES string of the molecule is CC1CC(C2CCNC(CN)C2)CCN1. The van der Waals surface area contributed by atoms with Crippen LogP contribution in [-0.4, -0.2) is 31.7 Å². The molecule has 0 bridgehead atoms. The van der Waals surface area contributed by atoms with Crippen LogP contribution in [0.25, 0.3) is 0 Å². The molecular weight excluding hydrogens is 186 g/mol. The van der Waals surface area contributed by atoms with Gasteiger partial charge in [-0.15, -0.1) is 0 Å². The van der Waals surface area contributed by atoms with E-state index in [-0.39, 0.29) is 0 Å². The number of nitrogens with one attached hydrogen (secondary N) is 2. The molecule has 3 heteroatoms. The maximum absolute atomic E-state index is 5.75. The van der Waals surface area contributed by atoms with Crippen molar-refractivity contribution in [3.05, 3.63) is 0 Å². The van der Waals surface area contributed by atoms with Gasteiger partial charge in [0.15, 0.2) is 0 Å². The first-order valence-corrected chi connectivity index (χ1v) is 6.46. The molecule has 2 fully saturated rings. The van der Waals surface area contributed by atoms with Gasteiger partial charge in [0, 0.05) is 18.6 Å². The Morgan fingerprint density at radius 2 is 1.73 bits per heavy atom. The predicted octanol–water partition coefficient (Wildman–Crippen LogP) is 0.701. The summed E-state index contributed by atoms with van der Waals surface area (Å²) in [5.74, 6) is 1.86. The monoisotopic (exact) mass is 211 g/mol. The van der Waals surface area contributed by atoms with Crippen molar-refractivity contribution >= 4 is 0 Å². The second-order valence-electron chi connectivity index (χ2n) is 5.31. The van der Waals surface area contributed by atoms with Crippen LogP contribution in [0.3, 0.4) is 0 Å². The molecule has 4 atom stereocenters. The molecule has 2 rings (SSSR count). The zero-order valence-electron chi connectivity index (χ0n) is 9.84. The zero-order chi connectivity index (χ0) is 10.7. The molecule has 2 aliphatic heterocycles. The van der Waals surface area contributed by atoms with Crippen LogP contribution in [-0.2, 0) is 0 Å². The van der Waals surface area contributed by atoms with Crippen LogP contribution in [0.15, 0.2) is 0 Å². The zero-order valence-corrected chi connectivity index (χ0v) is 9.84. The Kier molecular flexibility index (Phi) is 4.00. The fraction of sp³-hybridized carbons (Fsp3) is 1.00. The fourth-order valence-corrected chi connectivity index (χ4v) is 3.25. The standard InChI is InChI=1S/C12H25N3/c1-9-6-10(2-4-14-9)11-3-5-15-12(7-11)8-13/h9-12,14-15H,2-8,13H2,1H3. The Bertz CT molecular complexity index is 195. The van der Waals surface area contributed by atoms with Gasteiger partial charge in [-0.1, -0.05) is 0 Å². The number of hydrogen-bond donors (Lipinski definition) is 3. The lowest BCUT2D eigenvalue weighted by atomic mass is 9.76. The molecule has 0 aromatic rings. The van der Waals surface area contributed by atoms with Gasteiger partial charge in [0.05, 0.1) is 0 Å². The molecule has 2 heterocycles. The van der Waals surface area contributed by atoms with Crippen molar-refractivity contribution < 1.29 is 0 Å². The van der Waals surface area contributed by atoms with Crippen LogP contribution < -0.4 is 16.4 Å². The summed E-state index contributed by atoms with van der Waals surface area (Å²) in [5.41, 5.74) is 5.75. The van der Waals surface area contributed by atoms with Crippen molar-refractivity contribution in [1.29, 1.82) is 0 Å². The van der Waals surface area contributed by atoms with Crippen LogP contribution in [0.2, 0.25) is 0 Å². The highest BCUT2D eigenvalue weighted by Gasteiger charge is 2.30. The average Bonchev–Trinajstić information content (AvgIpc) is 2.29. The van der Waals surface area contributed by atoms with Crippen LogP contribution in [0.4, 0.5) is 0 Å². The highest BCUT2D eigenvalue weighted by Crippen LogP contribution is 2.31. The second kappa shape index (κ2) is 5.28. The number of nitrogens with two attached hydrogens (primary N) is 1. The third-order valence-corrected chi connectivity index (χ3v) is 4.15. The van der Waals surface area contributed by atoms with E-state index in [1.54, 1.807) is 0 Å². The van der Waals surface area contributed by atoms with Gasteiger partial charge in [0.1, 0.15) is 0 Å². The van der Waals surface area contributed by atoms with Gasteiger partial charge in [0.25, 0.3) is 0 Å². The quantitative estimate of drug-likeness (QED) is 0.630. The van der Waals surface area contributed by atoms with Gasteiger partial charge in [-0.2, -0.15) is 0 Å². The van der Waals surface area contributed by atoms with Crippen LogP contribution in [0.5, 0.6) is 0 Å². The molecule has 0 aromatic heterocycles. The van der Waals surface area contributed by atoms with E-state index in [4.69, 9.17) is 5.73 Å². The van der Waals surface area contributed by atoms with Gasteiger partial charge >= 0.3 is 0 Å². The normalized spacial score (nSPS) is 42.8. The van der Waals surface area contributed by atoms with E-state index < -0.39 is 0 Å². The Labute approximate surface area is 93.2 Å². The highest BCUT2D eigenvalue weighted by molar-refractivity contribution is 4.86. The van der Waals surface area contributed by atoms with E-state index in [9.17, 15) is 0 Å². The molecule has 0 aromatic carbocycles. The molecule has 3 nitrogen and oxygen atoms in total. The van der Waals surface area contributed by atoms with Crippen molar-refractivity contribution in [2.24, 2.45) is 17.6 Å². The van der Waals surface area contributed by atoms with Crippen molar-refractivity contribution in [2.45, 2.75) is 44.7 Å². The average molecular weight is 211 g/mol. The van der Waals surface area contributed by atoms with E-state index in [1.165, 1.54) is 38.8 Å². The molecule has 0 spiro atoms. The maximum atomic E-state index is 5.75. The summed E-state index contributed by atoms with van der Waals surface area (Å²) in [6.07, 6.45) is 5.38. The van der Waals surface area contributed by atoms with Gasteiger partial charge in [-0.25, -0.2) is 0 Å². The molecule has 0 aliphatic carbocycles. The predicted molar refractivity (Wildman–Crippen MR) is 63.8 cm³/mol. The second-order valence-corrected chi connectivity index (χ2v) is 5.31. The summed E-state index contributed by atoms with van der Waals surface area (Å²) >= 11 is 0. The fourth-order valence-electron chi connectivity index (χ4n) is 3.25. The van der Waals surface area contributed by atoms with E-state index in [1.807, 2.05) is 0 Å². The number of piperidine rings is 2. The molecule has 88 valence electrons. The summed E-state index contributed by atoms with van der Waals surface area (Å²) in [5, 5.41) is 7.04. The molecule has 0 amide bonds. The molecule has 2 aliphatic rings. The van der Waals surface area contributed by atoms with Crippen LogP contribution in [0.1, 0.15) is 32.6 Å². The van der Waals surface area contributed by atoms with E-state index in [0.717, 1.165) is 24.4 Å². The Hall–Kier alpha value is -0.120. The molecule has 0 radical (unpaired) electrons. The Morgan fingerprint density at radius 1 is 1.07 bits per heavy atom. The largest absolute Gasteiger partial charge is 0.329 e. The molecule has 4 N–H and O–H groups in total. The molecule has 0 saturated carbocycles. The molecule has 4 unspecified atom stereocenters. The van der Waals surface area contributed by atoms with E-state index >= 15 is 0 Å². The maximum Gasteiger partial charge on any atom is 0.0193 e. The minimum absolute atomic E-state index is 0.578.